The van der Waals surface area contributed by atoms with Crippen LogP contribution >= 0.6 is 15.9 Å². The summed E-state index contributed by atoms with van der Waals surface area (Å²) in [4.78, 5) is 15.4. The van der Waals surface area contributed by atoms with Crippen molar-refractivity contribution in [2.24, 2.45) is 46.3 Å². The number of ether oxygens (including phenoxy) is 1. The van der Waals surface area contributed by atoms with Gasteiger partial charge in [-0.25, -0.2) is 0 Å². The van der Waals surface area contributed by atoms with E-state index in [4.69, 9.17) is 4.74 Å². The van der Waals surface area contributed by atoms with E-state index >= 15 is 0 Å². The molecule has 0 unspecified atom stereocenters. The zero-order chi connectivity index (χ0) is 29.3. The molecule has 1 aliphatic heterocycles. The van der Waals surface area contributed by atoms with Gasteiger partial charge in [-0.2, -0.15) is 0 Å². The summed E-state index contributed by atoms with van der Waals surface area (Å²) in [6.45, 7) is 8.34. The number of hydrogen-bond donors (Lipinski definition) is 3. The summed E-state index contributed by atoms with van der Waals surface area (Å²) >= 11 is 3.68. The lowest BCUT2D eigenvalue weighted by molar-refractivity contribution is -0.207. The Kier molecular flexibility index (Phi) is 8.09. The van der Waals surface area contributed by atoms with Crippen LogP contribution in [0.5, 0.6) is 5.75 Å². The van der Waals surface area contributed by atoms with Crippen LogP contribution in [-0.4, -0.2) is 58.1 Å². The third-order valence-electron chi connectivity index (χ3n) is 13.2. The Bertz CT molecular complexity index is 1160. The summed E-state index contributed by atoms with van der Waals surface area (Å²) in [5.41, 5.74) is 2.29. The van der Waals surface area contributed by atoms with Gasteiger partial charge in [0.05, 0.1) is 25.4 Å². The van der Waals surface area contributed by atoms with Crippen LogP contribution in [0, 0.1) is 46.3 Å². The first-order valence-electron chi connectivity index (χ1n) is 16.1. The number of nitrogens with zero attached hydrogens (tertiary/aromatic N) is 1. The van der Waals surface area contributed by atoms with Crippen LogP contribution < -0.4 is 4.74 Å². The molecule has 41 heavy (non-hydrogen) atoms. The molecule has 6 rings (SSSR count). The predicted molar refractivity (Wildman–Crippen MR) is 162 cm³/mol. The van der Waals surface area contributed by atoms with Gasteiger partial charge < -0.3 is 25.0 Å². The number of aliphatic hydroxyl groups excluding tert-OH is 3. The van der Waals surface area contributed by atoms with Gasteiger partial charge in [-0.05, 0) is 127 Å². The minimum absolute atomic E-state index is 0.0920. The molecule has 0 radical (unpaired) electrons. The first kappa shape index (κ1) is 29.9. The molecule has 1 heterocycles. The molecule has 1 amide bonds. The number of aliphatic hydroxyl groups is 3. The molecule has 1 aromatic rings. The maximum Gasteiger partial charge on any atom is 0.222 e. The summed E-state index contributed by atoms with van der Waals surface area (Å²) in [5, 5.41) is 33.8. The fourth-order valence-corrected chi connectivity index (χ4v) is 11.4. The lowest BCUT2D eigenvalue weighted by atomic mass is 9.43. The highest BCUT2D eigenvalue weighted by molar-refractivity contribution is 9.10. The van der Waals surface area contributed by atoms with E-state index in [0.29, 0.717) is 42.6 Å². The summed E-state index contributed by atoms with van der Waals surface area (Å²) in [6.07, 6.45) is 7.50. The number of benzene rings is 1. The third-order valence-corrected chi connectivity index (χ3v) is 13.9. The molecule has 5 aliphatic rings. The highest BCUT2D eigenvalue weighted by Crippen LogP contribution is 2.68. The largest absolute Gasteiger partial charge is 0.497 e. The van der Waals surface area contributed by atoms with Crippen LogP contribution in [0.3, 0.4) is 0 Å². The lowest BCUT2D eigenvalue weighted by Crippen LogP contribution is -2.62. The standard InChI is InChI=1S/C34H50BrNO5/c1-19(5-8-31(40)36-12-10-20-13-23(41-4)16-28(35)24(20)18-36)25-6-7-26-32-27(17-30(39)34(25,26)3)33(2)11-9-22(37)14-21(33)15-29(32)38/h13,16,19,21-22,25-27,29-30,32,37-39H,5-12,14-15,17-18H2,1-4H3/t19-,21+,22-,25-,26+,27+,29-,30+,32+,33+,34-/m1/s1. The van der Waals surface area contributed by atoms with Crippen molar-refractivity contribution in [1.29, 1.82) is 0 Å². The third kappa shape index (κ3) is 4.89. The molecule has 11 atom stereocenters. The normalized spacial score (nSPS) is 42.5. The minimum Gasteiger partial charge on any atom is -0.497 e. The van der Waals surface area contributed by atoms with Gasteiger partial charge in [-0.1, -0.05) is 36.7 Å². The molecule has 228 valence electrons. The fourth-order valence-electron chi connectivity index (χ4n) is 10.8. The quantitative estimate of drug-likeness (QED) is 0.387. The van der Waals surface area contributed by atoms with Crippen molar-refractivity contribution < 1.29 is 24.9 Å². The minimum atomic E-state index is -0.387. The van der Waals surface area contributed by atoms with E-state index < -0.39 is 0 Å². The highest BCUT2D eigenvalue weighted by atomic mass is 79.9. The Morgan fingerprint density at radius 2 is 1.90 bits per heavy atom. The molecule has 4 fully saturated rings. The van der Waals surface area contributed by atoms with Crippen molar-refractivity contribution in [3.8, 4) is 5.75 Å². The number of fused-ring (bicyclic) bond motifs is 6. The Hall–Kier alpha value is -1.15. The second kappa shape index (κ2) is 11.1. The van der Waals surface area contributed by atoms with E-state index in [1.54, 1.807) is 7.11 Å². The van der Waals surface area contributed by atoms with E-state index in [2.05, 4.69) is 42.8 Å². The molecule has 4 aliphatic carbocycles. The van der Waals surface area contributed by atoms with Gasteiger partial charge in [0.15, 0.2) is 0 Å². The van der Waals surface area contributed by atoms with E-state index in [-0.39, 0.29) is 41.0 Å². The van der Waals surface area contributed by atoms with Crippen LogP contribution in [0.1, 0.15) is 89.7 Å². The van der Waals surface area contributed by atoms with Crippen LogP contribution in [0.25, 0.3) is 0 Å². The second-order valence-electron chi connectivity index (χ2n) is 14.9. The Morgan fingerprint density at radius 1 is 1.12 bits per heavy atom. The van der Waals surface area contributed by atoms with Crippen LogP contribution in [0.15, 0.2) is 16.6 Å². The van der Waals surface area contributed by atoms with Crippen molar-refractivity contribution in [3.05, 3.63) is 27.7 Å². The topological polar surface area (TPSA) is 90.2 Å². The van der Waals surface area contributed by atoms with E-state index in [1.165, 1.54) is 11.1 Å². The second-order valence-corrected chi connectivity index (χ2v) is 15.7. The smallest absolute Gasteiger partial charge is 0.222 e. The van der Waals surface area contributed by atoms with Crippen molar-refractivity contribution in [1.82, 2.24) is 4.90 Å². The molecular weight excluding hydrogens is 582 g/mol. The maximum absolute atomic E-state index is 13.4. The maximum atomic E-state index is 13.4. The molecule has 0 bridgehead atoms. The summed E-state index contributed by atoms with van der Waals surface area (Å²) in [6, 6.07) is 4.07. The summed E-state index contributed by atoms with van der Waals surface area (Å²) in [7, 11) is 1.68. The number of amides is 1. The average molecular weight is 633 g/mol. The van der Waals surface area contributed by atoms with E-state index in [9.17, 15) is 20.1 Å². The van der Waals surface area contributed by atoms with Gasteiger partial charge in [0.1, 0.15) is 5.75 Å². The number of rotatable bonds is 5. The number of hydrogen-bond acceptors (Lipinski definition) is 5. The van der Waals surface area contributed by atoms with E-state index in [1.807, 2.05) is 11.0 Å². The van der Waals surface area contributed by atoms with Gasteiger partial charge in [-0.3, -0.25) is 4.79 Å². The van der Waals surface area contributed by atoms with Gasteiger partial charge in [-0.15, -0.1) is 0 Å². The molecule has 1 aromatic carbocycles. The van der Waals surface area contributed by atoms with E-state index in [0.717, 1.165) is 74.6 Å². The predicted octanol–water partition coefficient (Wildman–Crippen LogP) is 5.72. The molecular formula is C34H50BrNO5. The van der Waals surface area contributed by atoms with Crippen LogP contribution in [0.2, 0.25) is 0 Å². The molecule has 4 saturated carbocycles. The van der Waals surface area contributed by atoms with Crippen molar-refractivity contribution in [2.75, 3.05) is 13.7 Å². The Morgan fingerprint density at radius 3 is 2.66 bits per heavy atom. The van der Waals surface area contributed by atoms with Crippen LogP contribution in [0.4, 0.5) is 0 Å². The molecule has 0 aromatic heterocycles. The monoisotopic (exact) mass is 631 g/mol. The number of carbonyl (C=O) groups is 1. The van der Waals surface area contributed by atoms with Crippen molar-refractivity contribution in [2.45, 2.75) is 110 Å². The first-order chi connectivity index (χ1) is 19.5. The highest BCUT2D eigenvalue weighted by Gasteiger charge is 2.65. The van der Waals surface area contributed by atoms with Crippen molar-refractivity contribution in [3.63, 3.8) is 0 Å². The summed E-state index contributed by atoms with van der Waals surface area (Å²) in [5.74, 6) is 2.94. The first-order valence-corrected chi connectivity index (χ1v) is 16.9. The lowest BCUT2D eigenvalue weighted by Gasteiger charge is -2.63. The molecule has 0 saturated heterocycles. The Balaban J connectivity index is 1.12. The van der Waals surface area contributed by atoms with Crippen molar-refractivity contribution >= 4 is 21.8 Å². The van der Waals surface area contributed by atoms with Gasteiger partial charge in [0, 0.05) is 24.0 Å². The number of carbonyl (C=O) groups excluding carboxylic acids is 1. The average Bonchev–Trinajstić information content (AvgIpc) is 3.31. The molecule has 3 N–H and O–H groups in total. The van der Waals surface area contributed by atoms with Gasteiger partial charge >= 0.3 is 0 Å². The van der Waals surface area contributed by atoms with Gasteiger partial charge in [0.25, 0.3) is 0 Å². The van der Waals surface area contributed by atoms with Gasteiger partial charge in [0.2, 0.25) is 5.91 Å². The zero-order valence-electron chi connectivity index (χ0n) is 25.3. The zero-order valence-corrected chi connectivity index (χ0v) is 26.9. The molecule has 6 nitrogen and oxygen atoms in total. The SMILES string of the molecule is COc1cc(Br)c2c(c1)CCN(C(=O)CC[C@@H](C)[C@H]1CC[C@H]3[C@@H]4[C@H](O)C[C@@H]5C[C@H](O)CC[C@]5(C)[C@H]4C[C@H](O)[C@]13C)C2. The molecule has 0 spiro atoms. The number of halogens is 1. The Labute approximate surface area is 254 Å². The fraction of sp³-hybridized carbons (Fsp3) is 0.794. The van der Waals surface area contributed by atoms with Crippen LogP contribution in [-0.2, 0) is 17.8 Å². The summed E-state index contributed by atoms with van der Waals surface area (Å²) < 4.78 is 6.42. The number of methoxy groups -OCH3 is 1. The molecule has 7 heteroatoms.